The Balaban J connectivity index is 0.00000132. The fourth-order valence-corrected chi connectivity index (χ4v) is 4.11. The molecule has 1 aromatic carbocycles. The molecule has 132 valence electrons. The molecule has 0 aliphatic carbocycles. The van der Waals surface area contributed by atoms with Crippen molar-refractivity contribution in [2.45, 2.75) is 57.5 Å². The minimum Gasteiger partial charge on any atom is -0.311 e. The SMILES string of the molecule is CC1(C)CC(N2CCCCC2)C(Cc2ccccc2)CN1.Cl.Cl. The Hall–Kier alpha value is -0.280. The Morgan fingerprint density at radius 3 is 2.35 bits per heavy atom. The molecule has 0 saturated carbocycles. The van der Waals surface area contributed by atoms with E-state index >= 15 is 0 Å². The quantitative estimate of drug-likeness (QED) is 0.865. The van der Waals surface area contributed by atoms with Crippen molar-refractivity contribution < 1.29 is 0 Å². The minimum absolute atomic E-state index is 0. The molecule has 2 aliphatic heterocycles. The van der Waals surface area contributed by atoms with Gasteiger partial charge in [-0.3, -0.25) is 4.90 Å². The summed E-state index contributed by atoms with van der Waals surface area (Å²) >= 11 is 0. The van der Waals surface area contributed by atoms with Gasteiger partial charge in [-0.25, -0.2) is 0 Å². The zero-order valence-corrected chi connectivity index (χ0v) is 16.1. The smallest absolute Gasteiger partial charge is 0.0156 e. The highest BCUT2D eigenvalue weighted by molar-refractivity contribution is 5.85. The summed E-state index contributed by atoms with van der Waals surface area (Å²) in [5.41, 5.74) is 1.78. The molecule has 0 bridgehead atoms. The predicted octanol–water partition coefficient (Wildman–Crippen LogP) is 4.32. The number of benzene rings is 1. The van der Waals surface area contributed by atoms with Crippen molar-refractivity contribution in [2.24, 2.45) is 5.92 Å². The molecule has 2 unspecified atom stereocenters. The Kier molecular flexibility index (Phi) is 8.37. The van der Waals surface area contributed by atoms with Gasteiger partial charge in [0.25, 0.3) is 0 Å². The molecule has 23 heavy (non-hydrogen) atoms. The molecular formula is C19H32Cl2N2. The maximum Gasteiger partial charge on any atom is 0.0156 e. The second-order valence-electron chi connectivity index (χ2n) is 7.58. The summed E-state index contributed by atoms with van der Waals surface area (Å²) in [7, 11) is 0. The number of nitrogens with zero attached hydrogens (tertiary/aromatic N) is 1. The first-order valence-corrected chi connectivity index (χ1v) is 8.67. The van der Waals surface area contributed by atoms with Crippen molar-refractivity contribution in [3.05, 3.63) is 35.9 Å². The average molecular weight is 359 g/mol. The van der Waals surface area contributed by atoms with E-state index in [4.69, 9.17) is 0 Å². The predicted molar refractivity (Wildman–Crippen MR) is 104 cm³/mol. The Morgan fingerprint density at radius 2 is 1.70 bits per heavy atom. The van der Waals surface area contributed by atoms with Gasteiger partial charge in [0.15, 0.2) is 0 Å². The normalized spacial score (nSPS) is 27.6. The molecule has 2 nitrogen and oxygen atoms in total. The molecule has 2 saturated heterocycles. The zero-order valence-electron chi connectivity index (χ0n) is 14.5. The first-order valence-electron chi connectivity index (χ1n) is 8.67. The molecule has 0 aromatic heterocycles. The van der Waals surface area contributed by atoms with Crippen LogP contribution in [0.2, 0.25) is 0 Å². The molecule has 0 spiro atoms. The van der Waals surface area contributed by atoms with E-state index in [9.17, 15) is 0 Å². The van der Waals surface area contributed by atoms with E-state index in [0.717, 1.165) is 18.5 Å². The Bertz CT molecular complexity index is 444. The van der Waals surface area contributed by atoms with Gasteiger partial charge in [-0.05, 0) is 64.1 Å². The number of hydrogen-bond donors (Lipinski definition) is 1. The monoisotopic (exact) mass is 358 g/mol. The fraction of sp³-hybridized carbons (Fsp3) is 0.684. The van der Waals surface area contributed by atoms with Gasteiger partial charge in [0.05, 0.1) is 0 Å². The van der Waals surface area contributed by atoms with Crippen LogP contribution in [0.25, 0.3) is 0 Å². The lowest BCUT2D eigenvalue weighted by molar-refractivity contribution is 0.0571. The number of likely N-dealkylation sites (tertiary alicyclic amines) is 1. The van der Waals surface area contributed by atoms with Crippen molar-refractivity contribution in [1.82, 2.24) is 10.2 Å². The van der Waals surface area contributed by atoms with Gasteiger partial charge in [0, 0.05) is 18.1 Å². The Morgan fingerprint density at radius 1 is 1.04 bits per heavy atom. The van der Waals surface area contributed by atoms with Crippen molar-refractivity contribution in [1.29, 1.82) is 0 Å². The first-order chi connectivity index (χ1) is 10.1. The fourth-order valence-electron chi connectivity index (χ4n) is 4.11. The van der Waals surface area contributed by atoms with Crippen LogP contribution in [0.4, 0.5) is 0 Å². The van der Waals surface area contributed by atoms with Crippen LogP contribution in [0.3, 0.4) is 0 Å². The van der Waals surface area contributed by atoms with Gasteiger partial charge < -0.3 is 5.32 Å². The van der Waals surface area contributed by atoms with E-state index in [0.29, 0.717) is 0 Å². The lowest BCUT2D eigenvalue weighted by Crippen LogP contribution is -2.59. The summed E-state index contributed by atoms with van der Waals surface area (Å²) in [6, 6.07) is 11.8. The lowest BCUT2D eigenvalue weighted by Gasteiger charge is -2.48. The highest BCUT2D eigenvalue weighted by Crippen LogP contribution is 2.31. The maximum atomic E-state index is 3.77. The minimum atomic E-state index is 0. The second kappa shape index (κ2) is 9.27. The van der Waals surface area contributed by atoms with E-state index in [-0.39, 0.29) is 30.4 Å². The van der Waals surface area contributed by atoms with Crippen LogP contribution in [0.1, 0.15) is 45.1 Å². The number of nitrogens with one attached hydrogen (secondary N) is 1. The van der Waals surface area contributed by atoms with E-state index in [1.165, 1.54) is 50.8 Å². The standard InChI is InChI=1S/C19H30N2.2ClH/c1-19(2)14-18(21-11-7-4-8-12-21)17(15-20-19)13-16-9-5-3-6-10-16;;/h3,5-6,9-10,17-18,20H,4,7-8,11-15H2,1-2H3;2*1H. The molecule has 2 atom stereocenters. The summed E-state index contributed by atoms with van der Waals surface area (Å²) in [4.78, 5) is 2.79. The van der Waals surface area contributed by atoms with E-state index in [2.05, 4.69) is 54.4 Å². The van der Waals surface area contributed by atoms with Crippen LogP contribution in [-0.4, -0.2) is 36.1 Å². The third-order valence-corrected chi connectivity index (χ3v) is 5.31. The van der Waals surface area contributed by atoms with E-state index in [1.807, 2.05) is 0 Å². The van der Waals surface area contributed by atoms with Gasteiger partial charge in [0.1, 0.15) is 0 Å². The molecule has 1 aromatic rings. The molecule has 2 fully saturated rings. The topological polar surface area (TPSA) is 15.3 Å². The van der Waals surface area contributed by atoms with Crippen LogP contribution >= 0.6 is 24.8 Å². The van der Waals surface area contributed by atoms with Gasteiger partial charge >= 0.3 is 0 Å². The maximum absolute atomic E-state index is 3.77. The largest absolute Gasteiger partial charge is 0.311 e. The van der Waals surface area contributed by atoms with Crippen LogP contribution in [0.15, 0.2) is 30.3 Å². The van der Waals surface area contributed by atoms with Gasteiger partial charge in [-0.1, -0.05) is 36.8 Å². The van der Waals surface area contributed by atoms with Crippen molar-refractivity contribution in [3.63, 3.8) is 0 Å². The van der Waals surface area contributed by atoms with Crippen molar-refractivity contribution in [2.75, 3.05) is 19.6 Å². The summed E-state index contributed by atoms with van der Waals surface area (Å²) in [6.07, 6.45) is 6.70. The van der Waals surface area contributed by atoms with Crippen LogP contribution in [0, 0.1) is 5.92 Å². The van der Waals surface area contributed by atoms with Crippen LogP contribution in [0.5, 0.6) is 0 Å². The Labute approximate surface area is 154 Å². The van der Waals surface area contributed by atoms with E-state index < -0.39 is 0 Å². The summed E-state index contributed by atoms with van der Waals surface area (Å²) in [5.74, 6) is 0.749. The highest BCUT2D eigenvalue weighted by Gasteiger charge is 2.37. The summed E-state index contributed by atoms with van der Waals surface area (Å²) in [6.45, 7) is 8.51. The van der Waals surface area contributed by atoms with Crippen molar-refractivity contribution >= 4 is 24.8 Å². The molecule has 2 heterocycles. The first kappa shape index (κ1) is 20.8. The molecule has 2 aliphatic rings. The highest BCUT2D eigenvalue weighted by atomic mass is 35.5. The molecule has 1 N–H and O–H groups in total. The number of hydrogen-bond acceptors (Lipinski definition) is 2. The molecule has 3 rings (SSSR count). The zero-order chi connectivity index (χ0) is 14.7. The summed E-state index contributed by atoms with van der Waals surface area (Å²) in [5, 5.41) is 3.77. The molecule has 0 amide bonds. The van der Waals surface area contributed by atoms with Gasteiger partial charge in [-0.2, -0.15) is 0 Å². The molecule has 4 heteroatoms. The van der Waals surface area contributed by atoms with Crippen LogP contribution in [-0.2, 0) is 6.42 Å². The second-order valence-corrected chi connectivity index (χ2v) is 7.58. The van der Waals surface area contributed by atoms with Gasteiger partial charge in [-0.15, -0.1) is 24.8 Å². The number of rotatable bonds is 3. The summed E-state index contributed by atoms with van der Waals surface area (Å²) < 4.78 is 0. The van der Waals surface area contributed by atoms with Crippen molar-refractivity contribution in [3.8, 4) is 0 Å². The van der Waals surface area contributed by atoms with Gasteiger partial charge in [0.2, 0.25) is 0 Å². The van der Waals surface area contributed by atoms with E-state index in [1.54, 1.807) is 0 Å². The average Bonchev–Trinajstić information content (AvgIpc) is 2.51. The van der Waals surface area contributed by atoms with Crippen LogP contribution < -0.4 is 5.32 Å². The number of piperidine rings is 2. The third kappa shape index (κ3) is 5.63. The molecule has 0 radical (unpaired) electrons. The molecular weight excluding hydrogens is 327 g/mol. The number of halogens is 2. The third-order valence-electron chi connectivity index (χ3n) is 5.31. The lowest BCUT2D eigenvalue weighted by atomic mass is 9.78.